The van der Waals surface area contributed by atoms with Gasteiger partial charge in [0.2, 0.25) is 0 Å². The smallest absolute Gasteiger partial charge is 0.354 e. The molecule has 0 N–H and O–H groups in total. The number of nitriles is 1. The number of aryl methyl sites for hydroxylation is 3. The Balaban J connectivity index is 2.04. The number of hydrogen-bond acceptors (Lipinski definition) is 7. The highest BCUT2D eigenvalue weighted by Crippen LogP contribution is 2.39. The van der Waals surface area contributed by atoms with Gasteiger partial charge >= 0.3 is 5.97 Å². The molecule has 0 spiro atoms. The van der Waals surface area contributed by atoms with Crippen LogP contribution in [0.25, 0.3) is 10.2 Å². The normalized spacial score (nSPS) is 10.7. The molecular weight excluding hydrogens is 430 g/mol. The van der Waals surface area contributed by atoms with Gasteiger partial charge in [0.15, 0.2) is 11.5 Å². The van der Waals surface area contributed by atoms with E-state index in [0.717, 1.165) is 21.5 Å². The van der Waals surface area contributed by atoms with Gasteiger partial charge < -0.3 is 9.47 Å². The van der Waals surface area contributed by atoms with Crippen molar-refractivity contribution in [2.45, 2.75) is 27.7 Å². The number of benzene rings is 1. The number of fused-ring (bicyclic) bond motifs is 1. The maximum absolute atomic E-state index is 12.9. The molecule has 8 heteroatoms. The Labute approximate surface area is 168 Å². The summed E-state index contributed by atoms with van der Waals surface area (Å²) in [5.41, 5.74) is 2.03. The van der Waals surface area contributed by atoms with Crippen molar-refractivity contribution in [3.63, 3.8) is 0 Å². The van der Waals surface area contributed by atoms with Crippen LogP contribution in [-0.2, 0) is 0 Å². The van der Waals surface area contributed by atoms with Crippen molar-refractivity contribution in [2.75, 3.05) is 6.61 Å². The predicted molar refractivity (Wildman–Crippen MR) is 107 cm³/mol. The molecule has 0 saturated heterocycles. The Hall–Kier alpha value is -2.50. The molecule has 0 aliphatic carbocycles. The minimum absolute atomic E-state index is 0.247. The summed E-state index contributed by atoms with van der Waals surface area (Å²) in [5.74, 6) is 0.743. The molecule has 1 aromatic carbocycles. The summed E-state index contributed by atoms with van der Waals surface area (Å²) < 4.78 is 11.7. The van der Waals surface area contributed by atoms with Crippen LogP contribution >= 0.6 is 27.3 Å². The molecule has 0 amide bonds. The van der Waals surface area contributed by atoms with E-state index < -0.39 is 5.97 Å². The molecule has 2 aromatic heterocycles. The third-order valence-corrected chi connectivity index (χ3v) is 5.66. The van der Waals surface area contributed by atoms with E-state index in [4.69, 9.17) is 14.7 Å². The topological polar surface area (TPSA) is 85.1 Å². The van der Waals surface area contributed by atoms with Crippen LogP contribution in [0.5, 0.6) is 11.5 Å². The van der Waals surface area contributed by atoms with Gasteiger partial charge in [-0.25, -0.2) is 14.8 Å². The van der Waals surface area contributed by atoms with Gasteiger partial charge in [-0.15, -0.1) is 11.3 Å². The summed E-state index contributed by atoms with van der Waals surface area (Å²) in [6.45, 7) is 7.77. The number of aromatic nitrogens is 2. The zero-order valence-corrected chi connectivity index (χ0v) is 17.6. The van der Waals surface area contributed by atoms with Crippen molar-refractivity contribution in [3.8, 4) is 17.6 Å². The molecule has 3 rings (SSSR count). The number of halogens is 1. The largest absolute Gasteiger partial charge is 0.490 e. The van der Waals surface area contributed by atoms with Crippen LogP contribution in [0.3, 0.4) is 0 Å². The van der Waals surface area contributed by atoms with Gasteiger partial charge in [0, 0.05) is 17.1 Å². The number of esters is 1. The van der Waals surface area contributed by atoms with Gasteiger partial charge in [0.05, 0.1) is 22.7 Å². The van der Waals surface area contributed by atoms with Gasteiger partial charge in [0.25, 0.3) is 0 Å². The maximum Gasteiger partial charge on any atom is 0.354 e. The second kappa shape index (κ2) is 7.62. The monoisotopic (exact) mass is 445 g/mol. The van der Waals surface area contributed by atoms with Crippen molar-refractivity contribution >= 4 is 43.5 Å². The number of hydrogen-bond donors (Lipinski definition) is 0. The fraction of sp³-hybridized carbons (Fsp3) is 0.263. The second-order valence-corrected chi connectivity index (χ2v) is 7.67. The van der Waals surface area contributed by atoms with Crippen LogP contribution in [0.4, 0.5) is 0 Å². The molecule has 3 aromatic rings. The molecule has 0 radical (unpaired) electrons. The zero-order chi connectivity index (χ0) is 19.7. The Bertz CT molecular complexity index is 1100. The molecule has 6 nitrogen and oxygen atoms in total. The molecule has 0 atom stereocenters. The Morgan fingerprint density at radius 3 is 2.70 bits per heavy atom. The third kappa shape index (κ3) is 3.66. The molecule has 27 heavy (non-hydrogen) atoms. The minimum atomic E-state index is -0.501. The lowest BCUT2D eigenvalue weighted by Gasteiger charge is -2.12. The molecule has 138 valence electrons. The second-order valence-electron chi connectivity index (χ2n) is 5.81. The van der Waals surface area contributed by atoms with Gasteiger partial charge in [-0.05, 0) is 55.3 Å². The van der Waals surface area contributed by atoms with E-state index in [-0.39, 0.29) is 5.75 Å². The minimum Gasteiger partial charge on any atom is -0.490 e. The standard InChI is InChI=1S/C19H16BrN3O3S/c1-5-25-14-7-12(8-21)6-13(20)16(14)26-19(24)17-9(2)15-10(3)22-11(4)23-18(15)27-17/h6-7H,5H2,1-4H3. The van der Waals surface area contributed by atoms with E-state index in [0.29, 0.717) is 33.1 Å². The lowest BCUT2D eigenvalue weighted by Crippen LogP contribution is -2.10. The van der Waals surface area contributed by atoms with Crippen LogP contribution in [0.2, 0.25) is 0 Å². The summed E-state index contributed by atoms with van der Waals surface area (Å²) in [6, 6.07) is 5.19. The average molecular weight is 446 g/mol. The highest BCUT2D eigenvalue weighted by molar-refractivity contribution is 9.10. The molecule has 0 saturated carbocycles. The van der Waals surface area contributed by atoms with Crippen LogP contribution in [0.1, 0.15) is 39.2 Å². The van der Waals surface area contributed by atoms with E-state index in [1.807, 2.05) is 27.7 Å². The first-order valence-electron chi connectivity index (χ1n) is 8.18. The van der Waals surface area contributed by atoms with E-state index in [1.54, 1.807) is 12.1 Å². The Morgan fingerprint density at radius 2 is 2.04 bits per heavy atom. The molecule has 2 heterocycles. The van der Waals surface area contributed by atoms with E-state index in [2.05, 4.69) is 32.0 Å². The molecular formula is C19H16BrN3O3S. The Morgan fingerprint density at radius 1 is 1.30 bits per heavy atom. The van der Waals surface area contributed by atoms with Gasteiger partial charge in [0.1, 0.15) is 15.5 Å². The number of carbonyl (C=O) groups is 1. The summed E-state index contributed by atoms with van der Waals surface area (Å²) >= 11 is 4.64. The van der Waals surface area contributed by atoms with E-state index in [9.17, 15) is 4.79 Å². The predicted octanol–water partition coefficient (Wildman–Crippen LogP) is 4.87. The first-order valence-corrected chi connectivity index (χ1v) is 9.79. The number of thiophene rings is 1. The van der Waals surface area contributed by atoms with Crippen molar-refractivity contribution in [2.24, 2.45) is 0 Å². The molecule has 0 aliphatic rings. The maximum atomic E-state index is 12.9. The first-order chi connectivity index (χ1) is 12.8. The fourth-order valence-corrected chi connectivity index (χ4v) is 4.48. The highest BCUT2D eigenvalue weighted by Gasteiger charge is 2.23. The Kier molecular flexibility index (Phi) is 5.44. The number of carbonyl (C=O) groups excluding carboxylic acids is 1. The van der Waals surface area contributed by atoms with Crippen molar-refractivity contribution in [3.05, 3.63) is 44.1 Å². The SMILES string of the molecule is CCOc1cc(C#N)cc(Br)c1OC(=O)c1sc2nc(C)nc(C)c2c1C. The van der Waals surface area contributed by atoms with Crippen LogP contribution in [0.15, 0.2) is 16.6 Å². The van der Waals surface area contributed by atoms with Crippen LogP contribution < -0.4 is 9.47 Å². The molecule has 0 fully saturated rings. The quantitative estimate of drug-likeness (QED) is 0.420. The molecule has 0 unspecified atom stereocenters. The van der Waals surface area contributed by atoms with E-state index in [1.165, 1.54) is 11.3 Å². The first kappa shape index (κ1) is 19.3. The van der Waals surface area contributed by atoms with Crippen LogP contribution in [-0.4, -0.2) is 22.5 Å². The van der Waals surface area contributed by atoms with Crippen molar-refractivity contribution < 1.29 is 14.3 Å². The fourth-order valence-electron chi connectivity index (χ4n) is 2.80. The zero-order valence-electron chi connectivity index (χ0n) is 15.2. The number of ether oxygens (including phenoxy) is 2. The van der Waals surface area contributed by atoms with Crippen molar-refractivity contribution in [1.29, 1.82) is 5.26 Å². The average Bonchev–Trinajstić information content (AvgIpc) is 2.94. The lowest BCUT2D eigenvalue weighted by molar-refractivity contribution is 0.0731. The lowest BCUT2D eigenvalue weighted by atomic mass is 10.1. The van der Waals surface area contributed by atoms with E-state index >= 15 is 0 Å². The number of nitrogens with zero attached hydrogens (tertiary/aromatic N) is 3. The summed E-state index contributed by atoms with van der Waals surface area (Å²) in [7, 11) is 0. The van der Waals surface area contributed by atoms with Gasteiger partial charge in [-0.1, -0.05) is 0 Å². The third-order valence-electron chi connectivity index (χ3n) is 3.90. The highest BCUT2D eigenvalue weighted by atomic mass is 79.9. The summed E-state index contributed by atoms with van der Waals surface area (Å²) in [5, 5.41) is 10.0. The van der Waals surface area contributed by atoms with Crippen molar-refractivity contribution in [1.82, 2.24) is 9.97 Å². The molecule has 0 bridgehead atoms. The van der Waals surface area contributed by atoms with Gasteiger partial charge in [-0.2, -0.15) is 5.26 Å². The summed E-state index contributed by atoms with van der Waals surface area (Å²) in [4.78, 5) is 22.9. The van der Waals surface area contributed by atoms with Crippen LogP contribution in [0, 0.1) is 32.1 Å². The van der Waals surface area contributed by atoms with Gasteiger partial charge in [-0.3, -0.25) is 0 Å². The summed E-state index contributed by atoms with van der Waals surface area (Å²) in [6.07, 6.45) is 0. The number of rotatable bonds is 4. The molecule has 0 aliphatic heterocycles.